The van der Waals surface area contributed by atoms with Crippen molar-refractivity contribution < 1.29 is 0 Å². The molecule has 0 saturated carbocycles. The molecular formula is C17H24N2. The van der Waals surface area contributed by atoms with E-state index in [0.29, 0.717) is 12.0 Å². The molecular weight excluding hydrogens is 232 g/mol. The first-order valence-corrected chi connectivity index (χ1v) is 7.23. The standard InChI is InChI=1S/C17H24N2/c1-3-11-19-12-9-17(10-13-19)18-14-15(2)16-7-5-4-6-8-16/h1,4-8,15,17-18H,9-14H2,2H3. The Kier molecular flexibility index (Phi) is 5.44. The Balaban J connectivity index is 1.71. The van der Waals surface area contributed by atoms with E-state index < -0.39 is 0 Å². The number of terminal acetylenes is 1. The minimum Gasteiger partial charge on any atom is -0.313 e. The van der Waals surface area contributed by atoms with E-state index in [2.05, 4.69) is 53.4 Å². The van der Waals surface area contributed by atoms with Gasteiger partial charge in [-0.15, -0.1) is 6.42 Å². The van der Waals surface area contributed by atoms with Crippen molar-refractivity contribution in [1.29, 1.82) is 0 Å². The van der Waals surface area contributed by atoms with Crippen LogP contribution in [0.3, 0.4) is 0 Å². The Labute approximate surface area is 117 Å². The molecule has 2 nitrogen and oxygen atoms in total. The second-order valence-corrected chi connectivity index (χ2v) is 5.47. The number of likely N-dealkylation sites (tertiary alicyclic amines) is 1. The maximum atomic E-state index is 5.35. The number of nitrogens with zero attached hydrogens (tertiary/aromatic N) is 1. The van der Waals surface area contributed by atoms with Gasteiger partial charge in [0.15, 0.2) is 0 Å². The van der Waals surface area contributed by atoms with Crippen LogP contribution >= 0.6 is 0 Å². The predicted molar refractivity (Wildman–Crippen MR) is 81.2 cm³/mol. The number of nitrogens with one attached hydrogen (secondary N) is 1. The first-order chi connectivity index (χ1) is 9.29. The van der Waals surface area contributed by atoms with Gasteiger partial charge in [0.2, 0.25) is 0 Å². The molecule has 0 radical (unpaired) electrons. The molecule has 1 aliphatic rings. The van der Waals surface area contributed by atoms with Gasteiger partial charge in [-0.25, -0.2) is 0 Å². The average molecular weight is 256 g/mol. The highest BCUT2D eigenvalue weighted by molar-refractivity contribution is 5.19. The van der Waals surface area contributed by atoms with Crippen molar-refractivity contribution in [2.24, 2.45) is 0 Å². The highest BCUT2D eigenvalue weighted by Gasteiger charge is 2.18. The summed E-state index contributed by atoms with van der Waals surface area (Å²) in [4.78, 5) is 2.36. The maximum absolute atomic E-state index is 5.35. The highest BCUT2D eigenvalue weighted by atomic mass is 15.1. The number of benzene rings is 1. The van der Waals surface area contributed by atoms with E-state index in [1.165, 1.54) is 18.4 Å². The van der Waals surface area contributed by atoms with Crippen molar-refractivity contribution >= 4 is 0 Å². The monoisotopic (exact) mass is 256 g/mol. The average Bonchev–Trinajstić information content (AvgIpc) is 2.47. The minimum absolute atomic E-state index is 0.574. The van der Waals surface area contributed by atoms with Crippen molar-refractivity contribution in [2.45, 2.75) is 31.7 Å². The van der Waals surface area contributed by atoms with Crippen LogP contribution in [0.4, 0.5) is 0 Å². The summed E-state index contributed by atoms with van der Waals surface area (Å²) >= 11 is 0. The molecule has 1 aliphatic heterocycles. The summed E-state index contributed by atoms with van der Waals surface area (Å²) < 4.78 is 0. The second-order valence-electron chi connectivity index (χ2n) is 5.47. The molecule has 1 N–H and O–H groups in total. The molecule has 1 unspecified atom stereocenters. The third-order valence-electron chi connectivity index (χ3n) is 3.98. The molecule has 1 aromatic rings. The lowest BCUT2D eigenvalue weighted by Crippen LogP contribution is -2.43. The number of hydrogen-bond donors (Lipinski definition) is 1. The van der Waals surface area contributed by atoms with E-state index in [4.69, 9.17) is 6.42 Å². The van der Waals surface area contributed by atoms with Crippen LogP contribution in [0.15, 0.2) is 30.3 Å². The zero-order chi connectivity index (χ0) is 13.5. The third-order valence-corrected chi connectivity index (χ3v) is 3.98. The summed E-state index contributed by atoms with van der Waals surface area (Å²) in [6.45, 7) is 6.40. The lowest BCUT2D eigenvalue weighted by atomic mass is 9.99. The SMILES string of the molecule is C#CCN1CCC(NCC(C)c2ccccc2)CC1. The van der Waals surface area contributed by atoms with Gasteiger partial charge in [-0.05, 0) is 24.3 Å². The van der Waals surface area contributed by atoms with Gasteiger partial charge < -0.3 is 5.32 Å². The van der Waals surface area contributed by atoms with Crippen LogP contribution in [0.5, 0.6) is 0 Å². The van der Waals surface area contributed by atoms with Crippen LogP contribution in [0.25, 0.3) is 0 Å². The molecule has 0 spiro atoms. The molecule has 1 aromatic carbocycles. The van der Waals surface area contributed by atoms with E-state index in [1.54, 1.807) is 0 Å². The first-order valence-electron chi connectivity index (χ1n) is 7.23. The van der Waals surface area contributed by atoms with Gasteiger partial charge in [-0.2, -0.15) is 0 Å². The molecule has 0 amide bonds. The first kappa shape index (κ1) is 14.1. The molecule has 0 aromatic heterocycles. The van der Waals surface area contributed by atoms with E-state index in [0.717, 1.165) is 26.2 Å². The van der Waals surface area contributed by atoms with Gasteiger partial charge >= 0.3 is 0 Å². The summed E-state index contributed by atoms with van der Waals surface area (Å²) in [6.07, 6.45) is 7.77. The zero-order valence-corrected chi connectivity index (χ0v) is 11.8. The molecule has 0 aliphatic carbocycles. The summed E-state index contributed by atoms with van der Waals surface area (Å²) in [5.41, 5.74) is 1.42. The number of rotatable bonds is 5. The van der Waals surface area contributed by atoms with Gasteiger partial charge in [-0.1, -0.05) is 43.2 Å². The molecule has 102 valence electrons. The van der Waals surface area contributed by atoms with Crippen LogP contribution in [0, 0.1) is 12.3 Å². The molecule has 1 heterocycles. The van der Waals surface area contributed by atoms with Crippen molar-refractivity contribution in [3.05, 3.63) is 35.9 Å². The fourth-order valence-electron chi connectivity index (χ4n) is 2.67. The summed E-state index contributed by atoms with van der Waals surface area (Å²) in [5, 5.41) is 3.70. The summed E-state index contributed by atoms with van der Waals surface area (Å²) in [6, 6.07) is 11.4. The number of hydrogen-bond acceptors (Lipinski definition) is 2. The fraction of sp³-hybridized carbons (Fsp3) is 0.529. The van der Waals surface area contributed by atoms with Crippen molar-refractivity contribution in [3.63, 3.8) is 0 Å². The van der Waals surface area contributed by atoms with Crippen molar-refractivity contribution in [3.8, 4) is 12.3 Å². The third kappa shape index (κ3) is 4.38. The molecule has 1 fully saturated rings. The van der Waals surface area contributed by atoms with Gasteiger partial charge in [0.25, 0.3) is 0 Å². The Morgan fingerprint density at radius 3 is 2.63 bits per heavy atom. The molecule has 1 saturated heterocycles. The van der Waals surface area contributed by atoms with Gasteiger partial charge in [0.05, 0.1) is 6.54 Å². The maximum Gasteiger partial charge on any atom is 0.0598 e. The van der Waals surface area contributed by atoms with Crippen LogP contribution < -0.4 is 5.32 Å². The molecule has 2 heteroatoms. The number of piperidine rings is 1. The van der Waals surface area contributed by atoms with Crippen molar-refractivity contribution in [2.75, 3.05) is 26.2 Å². The fourth-order valence-corrected chi connectivity index (χ4v) is 2.67. The van der Waals surface area contributed by atoms with Crippen molar-refractivity contribution in [1.82, 2.24) is 10.2 Å². The molecule has 0 bridgehead atoms. The predicted octanol–water partition coefficient (Wildman–Crippen LogP) is 2.48. The zero-order valence-electron chi connectivity index (χ0n) is 11.8. The van der Waals surface area contributed by atoms with E-state index in [9.17, 15) is 0 Å². The van der Waals surface area contributed by atoms with Crippen LogP contribution in [-0.4, -0.2) is 37.1 Å². The Bertz CT molecular complexity index is 399. The molecule has 2 rings (SSSR count). The Morgan fingerprint density at radius 1 is 1.32 bits per heavy atom. The molecule has 1 atom stereocenters. The quantitative estimate of drug-likeness (QED) is 0.814. The Hall–Kier alpha value is -1.30. The second kappa shape index (κ2) is 7.33. The van der Waals surface area contributed by atoms with Crippen LogP contribution in [-0.2, 0) is 0 Å². The molecule has 19 heavy (non-hydrogen) atoms. The Morgan fingerprint density at radius 2 is 2.00 bits per heavy atom. The lowest BCUT2D eigenvalue weighted by molar-refractivity contribution is 0.217. The van der Waals surface area contributed by atoms with Gasteiger partial charge in [-0.3, -0.25) is 4.90 Å². The van der Waals surface area contributed by atoms with Gasteiger partial charge in [0, 0.05) is 25.7 Å². The minimum atomic E-state index is 0.574. The van der Waals surface area contributed by atoms with E-state index in [1.807, 2.05) is 0 Å². The topological polar surface area (TPSA) is 15.3 Å². The highest BCUT2D eigenvalue weighted by Crippen LogP contribution is 2.15. The largest absolute Gasteiger partial charge is 0.313 e. The lowest BCUT2D eigenvalue weighted by Gasteiger charge is -2.31. The smallest absolute Gasteiger partial charge is 0.0598 e. The van der Waals surface area contributed by atoms with Crippen LogP contribution in [0.2, 0.25) is 0 Å². The van der Waals surface area contributed by atoms with Crippen LogP contribution in [0.1, 0.15) is 31.2 Å². The normalized spacial score (nSPS) is 18.9. The summed E-state index contributed by atoms with van der Waals surface area (Å²) in [7, 11) is 0. The van der Waals surface area contributed by atoms with Gasteiger partial charge in [0.1, 0.15) is 0 Å². The van der Waals surface area contributed by atoms with E-state index >= 15 is 0 Å². The van der Waals surface area contributed by atoms with E-state index in [-0.39, 0.29) is 0 Å². The summed E-state index contributed by atoms with van der Waals surface area (Å²) in [5.74, 6) is 3.30.